The van der Waals surface area contributed by atoms with E-state index in [1.54, 1.807) is 72.8 Å². The van der Waals surface area contributed by atoms with Crippen molar-refractivity contribution >= 4 is 48.6 Å². The number of hydrogen-bond donors (Lipinski definition) is 0. The molecule has 4 nitrogen and oxygen atoms in total. The van der Waals surface area contributed by atoms with Crippen molar-refractivity contribution in [3.63, 3.8) is 0 Å². The average Bonchev–Trinajstić information content (AvgIpc) is 0.734. The van der Waals surface area contributed by atoms with Crippen LogP contribution < -0.4 is 18.9 Å². The third-order valence-electron chi connectivity index (χ3n) is 23.5. The predicted octanol–water partition coefficient (Wildman–Crippen LogP) is 27.7. The predicted molar refractivity (Wildman–Crippen MR) is 584 cm³/mol. The molecule has 0 fully saturated rings. The Kier molecular flexibility index (Phi) is 29.8. The Bertz CT molecular complexity index is 7220. The van der Waals surface area contributed by atoms with Gasteiger partial charge in [0, 0.05) is 89.0 Å². The van der Waals surface area contributed by atoms with Gasteiger partial charge in [0.25, 0.3) is 0 Å². The maximum absolute atomic E-state index is 6.35. The first-order chi connectivity index (χ1) is 69.3. The molecule has 142 heavy (non-hydrogen) atoms. The van der Waals surface area contributed by atoms with Gasteiger partial charge in [-0.05, 0) is 283 Å². The number of hydrogen-bond acceptors (Lipinski definition) is 4. The zero-order valence-corrected chi connectivity index (χ0v) is 76.8. The molecule has 0 saturated carbocycles. The molecule has 656 valence electrons. The molecule has 0 bridgehead atoms. The summed E-state index contributed by atoms with van der Waals surface area (Å²) >= 11 is 0. The summed E-state index contributed by atoms with van der Waals surface area (Å²) in [5, 5.41) is 0. The van der Waals surface area contributed by atoms with Crippen LogP contribution in [0.5, 0.6) is 46.0 Å². The molecule has 0 aliphatic carbocycles. The van der Waals surface area contributed by atoms with E-state index in [4.69, 9.17) is 122 Å². The first-order valence-corrected chi connectivity index (χ1v) is 44.3. The molecule has 16 aromatic carbocycles. The zero-order valence-electron chi connectivity index (χ0n) is 76.8. The van der Waals surface area contributed by atoms with E-state index in [1.165, 1.54) is 0 Å². The number of rotatable bonds is 24. The van der Waals surface area contributed by atoms with E-state index in [9.17, 15) is 0 Å². The molecule has 0 saturated heterocycles. The second-order valence-electron chi connectivity index (χ2n) is 32.5. The minimum Gasteiger partial charge on any atom is -0.457 e. The fourth-order valence-corrected chi connectivity index (χ4v) is 16.7. The molecule has 0 radical (unpaired) electrons. The van der Waals surface area contributed by atoms with Gasteiger partial charge in [-0.15, -0.1) is 103 Å². The molecule has 0 heterocycles. The SMILES string of the molecule is C#Cc1cc(C#C)cc(/C=C/c2ccc(C(c3ccc(/C=C/c4cc(C#C)cc(C#C)c4)cc3)(c3ccc(/C=C/c4cc(C#C)cc(C#C)c4)cc3)c3ccc(/C=C/c4cc(C#C)cc(C#C)c4)cc3)cc2)c1.C#Cc1cc(C#C)cc(Oc2ccc(C(c3ccc(Oc4cc(C#C)cc(C#C)c4)cc3)(c3ccc(Oc4cc(C#C)cc(C#C)c4)cc3)c3ccc(Oc4cc(C#C)cc(C#C)c4)cc3)cc2)c1. The molecule has 0 unspecified atom stereocenters. The summed E-state index contributed by atoms with van der Waals surface area (Å²) in [4.78, 5) is 0. The van der Waals surface area contributed by atoms with E-state index in [0.717, 1.165) is 134 Å². The Morgan fingerprint density at radius 1 is 0.127 bits per heavy atom. The van der Waals surface area contributed by atoms with Crippen molar-refractivity contribution in [3.05, 3.63) is 518 Å². The summed E-state index contributed by atoms with van der Waals surface area (Å²) in [6.07, 6.45) is 108. The highest BCUT2D eigenvalue weighted by atomic mass is 16.5. The topological polar surface area (TPSA) is 36.9 Å². The smallest absolute Gasteiger partial charge is 0.129 e. The summed E-state index contributed by atoms with van der Waals surface area (Å²) < 4.78 is 25.4. The molecule has 0 amide bonds. The number of terminal acetylenes is 16. The van der Waals surface area contributed by atoms with Gasteiger partial charge in [0.05, 0.1) is 10.8 Å². The van der Waals surface area contributed by atoms with E-state index >= 15 is 0 Å². The van der Waals surface area contributed by atoms with Gasteiger partial charge in [-0.1, -0.05) is 289 Å². The van der Waals surface area contributed by atoms with Crippen LogP contribution in [0.25, 0.3) is 48.6 Å². The fraction of sp³-hybridized carbons (Fsp3) is 0.0145. The van der Waals surface area contributed by atoms with E-state index in [1.807, 2.05) is 194 Å². The van der Waals surface area contributed by atoms with Crippen LogP contribution in [-0.4, -0.2) is 0 Å². The fourth-order valence-electron chi connectivity index (χ4n) is 16.7. The van der Waals surface area contributed by atoms with Crippen LogP contribution in [-0.2, 0) is 10.8 Å². The Hall–Kier alpha value is -21.4. The minimum absolute atomic E-state index is 0.505. The summed E-state index contributed by atoms with van der Waals surface area (Å²) in [5.41, 5.74) is 24.2. The normalized spacial score (nSPS) is 10.6. The quantitative estimate of drug-likeness (QED) is 0.0343. The van der Waals surface area contributed by atoms with Crippen LogP contribution in [0.15, 0.2) is 340 Å². The van der Waals surface area contributed by atoms with E-state index in [2.05, 4.69) is 216 Å². The first-order valence-electron chi connectivity index (χ1n) is 44.3. The van der Waals surface area contributed by atoms with Gasteiger partial charge in [-0.3, -0.25) is 0 Å². The van der Waals surface area contributed by atoms with Crippen LogP contribution in [0.3, 0.4) is 0 Å². The Morgan fingerprint density at radius 2 is 0.239 bits per heavy atom. The Balaban J connectivity index is 0.000000215. The van der Waals surface area contributed by atoms with Gasteiger partial charge >= 0.3 is 0 Å². The molecule has 16 rings (SSSR count). The van der Waals surface area contributed by atoms with Crippen LogP contribution in [0.1, 0.15) is 178 Å². The molecular formula is C138H80O4. The second kappa shape index (κ2) is 44.5. The van der Waals surface area contributed by atoms with E-state index < -0.39 is 10.8 Å². The van der Waals surface area contributed by atoms with Crippen LogP contribution in [0.4, 0.5) is 0 Å². The summed E-state index contributed by atoms with van der Waals surface area (Å²) in [6.45, 7) is 0. The average molecular weight is 1800 g/mol. The van der Waals surface area contributed by atoms with Crippen molar-refractivity contribution in [3.8, 4) is 243 Å². The lowest BCUT2D eigenvalue weighted by Crippen LogP contribution is -2.31. The number of benzene rings is 16. The minimum atomic E-state index is -1.01. The standard InChI is InChI=1S/C73H44.C65H36O4/c1-9-53-41-54(10-2)46-65(45-53)21-17-61-25-33-69(34-26-61)73(70-35-27-62(28-36-70)18-22-66-47-55(11-3)42-56(12-4)48-66,71-37-29-63(30-38-71)19-23-67-49-57(13-5)43-58(14-6)50-67)72-39-31-64(32-40-72)20-24-68-51-59(15-7)44-60(16-8)52-68;1-9-45-33-46(10-2)38-61(37-45)66-57-25-17-53(18-26-57)65(54-19-27-58(28-20-54)67-62-39-47(11-3)34-48(12-4)40-62,55-21-29-59(30-22-55)68-63-41-49(13-5)35-50(14-6)42-63)56-23-31-60(32-24-56)69-64-43-51(15-7)36-52(16-8)44-64/h1-8,17-52H;1-8,17-44H/b21-17+,22-18+,23-19+,24-20+;. The summed E-state index contributed by atoms with van der Waals surface area (Å²) in [7, 11) is 0. The van der Waals surface area contributed by atoms with Crippen molar-refractivity contribution in [2.45, 2.75) is 10.8 Å². The van der Waals surface area contributed by atoms with E-state index in [0.29, 0.717) is 90.5 Å². The van der Waals surface area contributed by atoms with Crippen LogP contribution in [0.2, 0.25) is 0 Å². The maximum atomic E-state index is 6.35. The van der Waals surface area contributed by atoms with Crippen molar-refractivity contribution in [1.29, 1.82) is 0 Å². The molecule has 0 N–H and O–H groups in total. The molecule has 0 atom stereocenters. The van der Waals surface area contributed by atoms with Crippen molar-refractivity contribution in [1.82, 2.24) is 0 Å². The lowest BCUT2D eigenvalue weighted by molar-refractivity contribution is 0.481. The molecule has 0 aliphatic heterocycles. The lowest BCUT2D eigenvalue weighted by Gasteiger charge is -2.37. The third kappa shape index (κ3) is 22.4. The highest BCUT2D eigenvalue weighted by Crippen LogP contribution is 2.50. The van der Waals surface area contributed by atoms with Gasteiger partial charge in [-0.25, -0.2) is 0 Å². The molecule has 16 aromatic rings. The van der Waals surface area contributed by atoms with Gasteiger partial charge in [-0.2, -0.15) is 0 Å². The second-order valence-corrected chi connectivity index (χ2v) is 32.5. The van der Waals surface area contributed by atoms with Gasteiger partial charge < -0.3 is 18.9 Å². The Labute approximate surface area is 833 Å². The van der Waals surface area contributed by atoms with Crippen LogP contribution in [0, 0.1) is 198 Å². The zero-order chi connectivity index (χ0) is 99.5. The summed E-state index contributed by atoms with van der Waals surface area (Å²) in [5.74, 6) is 47.1. The summed E-state index contributed by atoms with van der Waals surface area (Å²) in [6, 6.07) is 110. The molecule has 4 heteroatoms. The highest BCUT2D eigenvalue weighted by molar-refractivity contribution is 5.78. The first kappa shape index (κ1) is 95.3. The van der Waals surface area contributed by atoms with Gasteiger partial charge in [0.2, 0.25) is 0 Å². The Morgan fingerprint density at radius 3 is 0.366 bits per heavy atom. The molecule has 0 aromatic heterocycles. The maximum Gasteiger partial charge on any atom is 0.129 e. The van der Waals surface area contributed by atoms with Crippen molar-refractivity contribution in [2.75, 3.05) is 0 Å². The third-order valence-corrected chi connectivity index (χ3v) is 23.5. The lowest BCUT2D eigenvalue weighted by atomic mass is 9.64. The molecule has 0 aliphatic rings. The number of ether oxygens (including phenoxy) is 4. The van der Waals surface area contributed by atoms with E-state index in [-0.39, 0.29) is 0 Å². The monoisotopic (exact) mass is 1800 g/mol. The molecule has 0 spiro atoms. The van der Waals surface area contributed by atoms with Crippen molar-refractivity contribution < 1.29 is 18.9 Å². The largest absolute Gasteiger partial charge is 0.457 e. The van der Waals surface area contributed by atoms with Gasteiger partial charge in [0.1, 0.15) is 46.0 Å². The van der Waals surface area contributed by atoms with Crippen LogP contribution >= 0.6 is 0 Å². The molecular weight excluding hydrogens is 1720 g/mol. The highest BCUT2D eigenvalue weighted by Gasteiger charge is 2.41. The van der Waals surface area contributed by atoms with Crippen molar-refractivity contribution in [2.24, 2.45) is 0 Å². The van der Waals surface area contributed by atoms with Gasteiger partial charge in [0.15, 0.2) is 0 Å².